The molecule has 2 aromatic rings. The van der Waals surface area contributed by atoms with Crippen LogP contribution in [0, 0.1) is 17.6 Å². The normalized spacial score (nSPS) is 17.0. The summed E-state index contributed by atoms with van der Waals surface area (Å²) in [7, 11) is 0. The molecular weight excluding hydrogens is 288 g/mol. The number of nitrogens with zero attached hydrogens (tertiary/aromatic N) is 1. The molecule has 1 N–H and O–H groups in total. The van der Waals surface area contributed by atoms with E-state index in [-0.39, 0.29) is 17.9 Å². The maximum Gasteiger partial charge on any atom is 0.140 e. The predicted molar refractivity (Wildman–Crippen MR) is 79.1 cm³/mol. The minimum absolute atomic E-state index is 0.118. The van der Waals surface area contributed by atoms with Crippen molar-refractivity contribution in [3.05, 3.63) is 47.7 Å². The van der Waals surface area contributed by atoms with Crippen molar-refractivity contribution in [1.82, 2.24) is 4.90 Å². The van der Waals surface area contributed by atoms with Gasteiger partial charge in [0.15, 0.2) is 0 Å². The van der Waals surface area contributed by atoms with Crippen LogP contribution in [0.2, 0.25) is 0 Å². The molecule has 0 bridgehead atoms. The van der Waals surface area contributed by atoms with E-state index < -0.39 is 11.6 Å². The lowest BCUT2D eigenvalue weighted by Gasteiger charge is -2.30. The summed E-state index contributed by atoms with van der Waals surface area (Å²) < 4.78 is 33.1. The molecule has 0 spiro atoms. The Labute approximate surface area is 128 Å². The van der Waals surface area contributed by atoms with Gasteiger partial charge < -0.3 is 9.52 Å². The highest BCUT2D eigenvalue weighted by Crippen LogP contribution is 2.28. The predicted octanol–water partition coefficient (Wildman–Crippen LogP) is 3.43. The summed E-state index contributed by atoms with van der Waals surface area (Å²) in [4.78, 5) is 2.23. The molecule has 1 aliphatic heterocycles. The molecule has 0 atom stereocenters. The first-order chi connectivity index (χ1) is 10.7. The highest BCUT2D eigenvalue weighted by atomic mass is 19.1. The van der Waals surface area contributed by atoms with Gasteiger partial charge in [0.1, 0.15) is 23.2 Å². The van der Waals surface area contributed by atoms with Crippen molar-refractivity contribution in [1.29, 1.82) is 0 Å². The van der Waals surface area contributed by atoms with E-state index in [4.69, 9.17) is 9.52 Å². The van der Waals surface area contributed by atoms with Gasteiger partial charge in [-0.15, -0.1) is 0 Å². The number of piperidine rings is 1. The zero-order valence-corrected chi connectivity index (χ0v) is 12.3. The largest absolute Gasteiger partial charge is 0.460 e. The number of halogens is 2. The second kappa shape index (κ2) is 6.58. The molecule has 0 amide bonds. The maximum atomic E-state index is 13.8. The zero-order chi connectivity index (χ0) is 15.5. The lowest BCUT2D eigenvalue weighted by Crippen LogP contribution is -2.34. The number of hydrogen-bond donors (Lipinski definition) is 1. The fraction of sp³-hybridized carbons (Fsp3) is 0.412. The molecule has 3 rings (SSSR count). The average Bonchev–Trinajstić information content (AvgIpc) is 2.96. The molecule has 1 fully saturated rings. The summed E-state index contributed by atoms with van der Waals surface area (Å²) in [5.41, 5.74) is -0.118. The van der Waals surface area contributed by atoms with Gasteiger partial charge in [0.2, 0.25) is 0 Å². The van der Waals surface area contributed by atoms with Crippen LogP contribution in [0.15, 0.2) is 34.7 Å². The summed E-state index contributed by atoms with van der Waals surface area (Å²) in [6.45, 7) is 2.66. The van der Waals surface area contributed by atoms with Crippen molar-refractivity contribution < 1.29 is 18.3 Å². The highest BCUT2D eigenvalue weighted by Gasteiger charge is 2.20. The topological polar surface area (TPSA) is 36.6 Å². The van der Waals surface area contributed by atoms with E-state index >= 15 is 0 Å². The molecule has 1 saturated heterocycles. The van der Waals surface area contributed by atoms with Crippen molar-refractivity contribution in [3.8, 4) is 11.3 Å². The molecule has 118 valence electrons. The number of aliphatic hydroxyl groups excluding tert-OH is 1. The Morgan fingerprint density at radius 2 is 1.77 bits per heavy atom. The standard InChI is InChI=1S/C17H19F2NO2/c18-14-2-1-3-15(19)17(14)16-5-4-13(22-16)10-20-8-6-12(11-21)7-9-20/h1-5,12,21H,6-11H2. The van der Waals surface area contributed by atoms with Crippen LogP contribution < -0.4 is 0 Å². The van der Waals surface area contributed by atoms with Gasteiger partial charge in [-0.2, -0.15) is 0 Å². The van der Waals surface area contributed by atoms with E-state index in [2.05, 4.69) is 4.90 Å². The number of hydrogen-bond acceptors (Lipinski definition) is 3. The van der Waals surface area contributed by atoms with Gasteiger partial charge in [0, 0.05) is 6.61 Å². The van der Waals surface area contributed by atoms with E-state index in [0.717, 1.165) is 25.9 Å². The van der Waals surface area contributed by atoms with Gasteiger partial charge in [0.25, 0.3) is 0 Å². The third-order valence-corrected chi connectivity index (χ3v) is 4.22. The molecule has 22 heavy (non-hydrogen) atoms. The molecule has 0 saturated carbocycles. The Balaban J connectivity index is 1.70. The second-order valence-electron chi connectivity index (χ2n) is 5.76. The number of furan rings is 1. The number of benzene rings is 1. The summed E-state index contributed by atoms with van der Waals surface area (Å²) in [6.07, 6.45) is 1.93. The van der Waals surface area contributed by atoms with Crippen LogP contribution in [0.4, 0.5) is 8.78 Å². The lowest BCUT2D eigenvalue weighted by molar-refractivity contribution is 0.122. The molecule has 2 heterocycles. The second-order valence-corrected chi connectivity index (χ2v) is 5.76. The first-order valence-corrected chi connectivity index (χ1v) is 7.53. The minimum Gasteiger partial charge on any atom is -0.460 e. The van der Waals surface area contributed by atoms with Gasteiger partial charge in [-0.05, 0) is 56.1 Å². The van der Waals surface area contributed by atoms with Gasteiger partial charge >= 0.3 is 0 Å². The third kappa shape index (κ3) is 3.20. The SMILES string of the molecule is OCC1CCN(Cc2ccc(-c3c(F)cccc3F)o2)CC1. The van der Waals surface area contributed by atoms with Crippen LogP contribution in [0.25, 0.3) is 11.3 Å². The molecule has 1 aromatic heterocycles. The third-order valence-electron chi connectivity index (χ3n) is 4.22. The molecule has 3 nitrogen and oxygen atoms in total. The zero-order valence-electron chi connectivity index (χ0n) is 12.3. The smallest absolute Gasteiger partial charge is 0.140 e. The van der Waals surface area contributed by atoms with Gasteiger partial charge in [0.05, 0.1) is 12.1 Å². The van der Waals surface area contributed by atoms with Crippen molar-refractivity contribution >= 4 is 0 Å². The van der Waals surface area contributed by atoms with Crippen molar-refractivity contribution in [2.75, 3.05) is 19.7 Å². The summed E-state index contributed by atoms with van der Waals surface area (Å²) in [5, 5.41) is 9.14. The van der Waals surface area contributed by atoms with Gasteiger partial charge in [-0.1, -0.05) is 6.07 Å². The number of rotatable bonds is 4. The quantitative estimate of drug-likeness (QED) is 0.940. The van der Waals surface area contributed by atoms with Crippen LogP contribution in [-0.2, 0) is 6.54 Å². The van der Waals surface area contributed by atoms with E-state index in [0.29, 0.717) is 18.2 Å². The molecule has 5 heteroatoms. The van der Waals surface area contributed by atoms with E-state index in [1.54, 1.807) is 12.1 Å². The molecule has 0 aliphatic carbocycles. The van der Waals surface area contributed by atoms with Crippen LogP contribution >= 0.6 is 0 Å². The van der Waals surface area contributed by atoms with Crippen LogP contribution in [-0.4, -0.2) is 29.7 Å². The number of aliphatic hydroxyl groups is 1. The first kappa shape index (κ1) is 15.2. The lowest BCUT2D eigenvalue weighted by atomic mass is 9.98. The fourth-order valence-electron chi connectivity index (χ4n) is 2.88. The van der Waals surface area contributed by atoms with E-state index in [1.807, 2.05) is 0 Å². The summed E-state index contributed by atoms with van der Waals surface area (Å²) >= 11 is 0. The molecule has 0 unspecified atom stereocenters. The average molecular weight is 307 g/mol. The van der Waals surface area contributed by atoms with Crippen LogP contribution in [0.1, 0.15) is 18.6 Å². The Hall–Kier alpha value is -1.72. The Kier molecular flexibility index (Phi) is 4.55. The molecule has 0 radical (unpaired) electrons. The minimum atomic E-state index is -0.621. The van der Waals surface area contributed by atoms with Crippen LogP contribution in [0.5, 0.6) is 0 Å². The van der Waals surface area contributed by atoms with Crippen LogP contribution in [0.3, 0.4) is 0 Å². The molecular formula is C17H19F2NO2. The number of likely N-dealkylation sites (tertiary alicyclic amines) is 1. The summed E-state index contributed by atoms with van der Waals surface area (Å²) in [6, 6.07) is 7.15. The monoisotopic (exact) mass is 307 g/mol. The van der Waals surface area contributed by atoms with E-state index in [1.165, 1.54) is 18.2 Å². The van der Waals surface area contributed by atoms with Crippen molar-refractivity contribution in [3.63, 3.8) is 0 Å². The Morgan fingerprint density at radius 1 is 1.09 bits per heavy atom. The van der Waals surface area contributed by atoms with Crippen molar-refractivity contribution in [2.24, 2.45) is 5.92 Å². The Bertz CT molecular complexity index is 613. The highest BCUT2D eigenvalue weighted by molar-refractivity contribution is 5.59. The van der Waals surface area contributed by atoms with Gasteiger partial charge in [-0.3, -0.25) is 4.90 Å². The molecule has 1 aliphatic rings. The van der Waals surface area contributed by atoms with E-state index in [9.17, 15) is 8.78 Å². The maximum absolute atomic E-state index is 13.8. The van der Waals surface area contributed by atoms with Gasteiger partial charge in [-0.25, -0.2) is 8.78 Å². The first-order valence-electron chi connectivity index (χ1n) is 7.53. The molecule has 1 aromatic carbocycles. The summed E-state index contributed by atoms with van der Waals surface area (Å²) in [5.74, 6) is 0.0567. The van der Waals surface area contributed by atoms with Crippen molar-refractivity contribution in [2.45, 2.75) is 19.4 Å². The fourth-order valence-corrected chi connectivity index (χ4v) is 2.88. The Morgan fingerprint density at radius 3 is 2.41 bits per heavy atom.